The highest BCUT2D eigenvalue weighted by Crippen LogP contribution is 2.73. The van der Waals surface area contributed by atoms with Crippen LogP contribution in [0.2, 0.25) is 0 Å². The van der Waals surface area contributed by atoms with E-state index in [4.69, 9.17) is 4.74 Å². The van der Waals surface area contributed by atoms with Gasteiger partial charge < -0.3 is 20.1 Å². The van der Waals surface area contributed by atoms with E-state index in [1.165, 1.54) is 64.2 Å². The minimum absolute atomic E-state index is 0.0134. The Kier molecular flexibility index (Phi) is 7.83. The third-order valence-corrected chi connectivity index (χ3v) is 15.2. The highest BCUT2D eigenvalue weighted by Gasteiger charge is 2.70. The third kappa shape index (κ3) is 4.42. The summed E-state index contributed by atoms with van der Waals surface area (Å²) in [7, 11) is 0. The van der Waals surface area contributed by atoms with Crippen molar-refractivity contribution in [2.24, 2.45) is 69.5 Å². The van der Waals surface area contributed by atoms with Gasteiger partial charge in [0, 0.05) is 11.3 Å². The SMILES string of the molecule is CC(O)C1C(C)C[C@]2(C)C[C@]3(C)CC4C(C5CCC(CC6CCCC6)O5)CCC(C)C4C(O)C3C(C)C2(C)C1O. The first-order valence-electron chi connectivity index (χ1n) is 17.5. The molecule has 4 heteroatoms. The lowest BCUT2D eigenvalue weighted by Crippen LogP contribution is -2.70. The maximum atomic E-state index is 12.4. The lowest BCUT2D eigenvalue weighted by atomic mass is 9.34. The molecule has 3 N–H and O–H groups in total. The van der Waals surface area contributed by atoms with E-state index in [1.807, 2.05) is 6.92 Å². The van der Waals surface area contributed by atoms with E-state index in [-0.39, 0.29) is 46.0 Å². The molecule has 0 amide bonds. The van der Waals surface area contributed by atoms with Crippen LogP contribution in [0, 0.1) is 69.5 Å². The first-order valence-corrected chi connectivity index (χ1v) is 17.5. The maximum absolute atomic E-state index is 12.4. The van der Waals surface area contributed by atoms with Crippen LogP contribution >= 0.6 is 0 Å². The molecule has 230 valence electrons. The zero-order chi connectivity index (χ0) is 28.8. The van der Waals surface area contributed by atoms with Crippen molar-refractivity contribution in [3.63, 3.8) is 0 Å². The molecule has 0 spiro atoms. The molecular formula is C36H62O4. The van der Waals surface area contributed by atoms with E-state index < -0.39 is 12.2 Å². The van der Waals surface area contributed by atoms with Crippen LogP contribution in [0.4, 0.5) is 0 Å². The second kappa shape index (κ2) is 10.5. The molecular weight excluding hydrogens is 496 g/mol. The van der Waals surface area contributed by atoms with Crippen molar-refractivity contribution in [3.8, 4) is 0 Å². The standard InChI is InChI=1S/C36H62O4/c1-20-12-14-26(28-15-13-25(40-28)16-24-10-8-9-11-24)27-18-34(5)19-35(6)17-21(2)29(23(4)37)33(39)36(35,7)22(3)31(34)32(38)30(20)27/h20-33,37-39H,8-19H2,1-7H3/t20?,21?,22?,23?,25?,26?,27?,28?,29?,30?,31?,32?,33?,34-,35+,36?/m0/s1. The molecule has 1 saturated heterocycles. The van der Waals surface area contributed by atoms with E-state index >= 15 is 0 Å². The summed E-state index contributed by atoms with van der Waals surface area (Å²) in [6.07, 6.45) is 14.6. The fourth-order valence-electron chi connectivity index (χ4n) is 13.4. The van der Waals surface area contributed by atoms with Gasteiger partial charge in [-0.25, -0.2) is 0 Å². The molecule has 6 aliphatic rings. The Hall–Kier alpha value is -0.160. The Balaban J connectivity index is 1.27. The van der Waals surface area contributed by atoms with Gasteiger partial charge >= 0.3 is 0 Å². The minimum Gasteiger partial charge on any atom is -0.393 e. The second-order valence-corrected chi connectivity index (χ2v) is 17.3. The van der Waals surface area contributed by atoms with Crippen molar-refractivity contribution < 1.29 is 20.1 Å². The maximum Gasteiger partial charge on any atom is 0.0656 e. The quantitative estimate of drug-likeness (QED) is 0.340. The largest absolute Gasteiger partial charge is 0.393 e. The molecule has 0 bridgehead atoms. The van der Waals surface area contributed by atoms with Gasteiger partial charge in [0.2, 0.25) is 0 Å². The van der Waals surface area contributed by atoms with Crippen LogP contribution in [0.15, 0.2) is 0 Å². The molecule has 1 heterocycles. The van der Waals surface area contributed by atoms with E-state index in [0.717, 1.165) is 18.8 Å². The molecule has 0 aromatic rings. The smallest absolute Gasteiger partial charge is 0.0656 e. The first-order chi connectivity index (χ1) is 18.8. The van der Waals surface area contributed by atoms with Crippen molar-refractivity contribution in [1.82, 2.24) is 0 Å². The summed E-state index contributed by atoms with van der Waals surface area (Å²) in [5, 5.41) is 35.2. The van der Waals surface area contributed by atoms with Crippen LogP contribution in [-0.4, -0.2) is 45.8 Å². The molecule has 0 aromatic carbocycles. The molecule has 5 aliphatic carbocycles. The van der Waals surface area contributed by atoms with Gasteiger partial charge in [-0.05, 0) is 116 Å². The highest BCUT2D eigenvalue weighted by atomic mass is 16.5. The molecule has 5 saturated carbocycles. The summed E-state index contributed by atoms with van der Waals surface area (Å²) in [6, 6.07) is 0. The lowest BCUT2D eigenvalue weighted by molar-refractivity contribution is -0.280. The zero-order valence-electron chi connectivity index (χ0n) is 26.8. The lowest BCUT2D eigenvalue weighted by Gasteiger charge is -2.72. The molecule has 6 rings (SSSR count). The van der Waals surface area contributed by atoms with Gasteiger partial charge in [-0.3, -0.25) is 0 Å². The van der Waals surface area contributed by atoms with Gasteiger partial charge in [0.05, 0.1) is 30.5 Å². The molecule has 16 atom stereocenters. The van der Waals surface area contributed by atoms with Crippen LogP contribution in [0.3, 0.4) is 0 Å². The topological polar surface area (TPSA) is 69.9 Å². The fraction of sp³-hybridized carbons (Fsp3) is 1.00. The molecule has 0 aromatic heterocycles. The van der Waals surface area contributed by atoms with Gasteiger partial charge in [0.25, 0.3) is 0 Å². The normalized spacial score (nSPS) is 57.8. The van der Waals surface area contributed by atoms with Crippen LogP contribution in [0.25, 0.3) is 0 Å². The third-order valence-electron chi connectivity index (χ3n) is 15.2. The van der Waals surface area contributed by atoms with Crippen LogP contribution in [0.1, 0.15) is 126 Å². The highest BCUT2D eigenvalue weighted by molar-refractivity contribution is 5.18. The number of hydrogen-bond acceptors (Lipinski definition) is 4. The molecule has 4 nitrogen and oxygen atoms in total. The summed E-state index contributed by atoms with van der Waals surface area (Å²) < 4.78 is 6.92. The first kappa shape index (κ1) is 29.9. The van der Waals surface area contributed by atoms with E-state index in [1.54, 1.807) is 0 Å². The zero-order valence-corrected chi connectivity index (χ0v) is 26.8. The minimum atomic E-state index is -0.550. The van der Waals surface area contributed by atoms with E-state index in [0.29, 0.717) is 35.9 Å². The fourth-order valence-corrected chi connectivity index (χ4v) is 13.4. The second-order valence-electron chi connectivity index (χ2n) is 17.3. The summed E-state index contributed by atoms with van der Waals surface area (Å²) in [5.74, 6) is 3.43. The average Bonchev–Trinajstić information content (AvgIpc) is 3.54. The summed E-state index contributed by atoms with van der Waals surface area (Å²) >= 11 is 0. The monoisotopic (exact) mass is 558 g/mol. The van der Waals surface area contributed by atoms with E-state index in [2.05, 4.69) is 41.5 Å². The van der Waals surface area contributed by atoms with Crippen LogP contribution in [0.5, 0.6) is 0 Å². The van der Waals surface area contributed by atoms with Gasteiger partial charge in [0.1, 0.15) is 0 Å². The number of aliphatic hydroxyl groups excluding tert-OH is 3. The number of rotatable bonds is 4. The van der Waals surface area contributed by atoms with Crippen LogP contribution in [-0.2, 0) is 4.74 Å². The number of ether oxygens (including phenoxy) is 1. The van der Waals surface area contributed by atoms with Crippen molar-refractivity contribution in [2.75, 3.05) is 0 Å². The Labute approximate surface area is 245 Å². The van der Waals surface area contributed by atoms with Crippen LogP contribution < -0.4 is 0 Å². The Morgan fingerprint density at radius 3 is 2.23 bits per heavy atom. The van der Waals surface area contributed by atoms with Gasteiger partial charge in [-0.15, -0.1) is 0 Å². The van der Waals surface area contributed by atoms with E-state index in [9.17, 15) is 15.3 Å². The Morgan fingerprint density at radius 1 is 0.850 bits per heavy atom. The summed E-state index contributed by atoms with van der Waals surface area (Å²) in [5.41, 5.74) is -0.276. The molecule has 14 unspecified atom stereocenters. The van der Waals surface area contributed by atoms with Gasteiger partial charge in [-0.2, -0.15) is 0 Å². The number of hydrogen-bond donors (Lipinski definition) is 3. The van der Waals surface area contributed by atoms with Gasteiger partial charge in [0.15, 0.2) is 0 Å². The summed E-state index contributed by atoms with van der Waals surface area (Å²) in [6.45, 7) is 16.1. The molecule has 6 fully saturated rings. The molecule has 40 heavy (non-hydrogen) atoms. The predicted octanol–water partition coefficient (Wildman–Crippen LogP) is 7.23. The Morgan fingerprint density at radius 2 is 1.55 bits per heavy atom. The molecule has 1 aliphatic heterocycles. The van der Waals surface area contributed by atoms with Crippen molar-refractivity contribution in [1.29, 1.82) is 0 Å². The van der Waals surface area contributed by atoms with Crippen molar-refractivity contribution in [2.45, 2.75) is 156 Å². The summed E-state index contributed by atoms with van der Waals surface area (Å²) in [4.78, 5) is 0. The Bertz CT molecular complexity index is 914. The average molecular weight is 559 g/mol. The number of aliphatic hydroxyl groups is 3. The van der Waals surface area contributed by atoms with Crippen molar-refractivity contribution >= 4 is 0 Å². The number of fused-ring (bicyclic) bond motifs is 3. The van der Waals surface area contributed by atoms with Gasteiger partial charge in [-0.1, -0.05) is 67.2 Å². The van der Waals surface area contributed by atoms with Crippen molar-refractivity contribution in [3.05, 3.63) is 0 Å². The molecule has 0 radical (unpaired) electrons. The predicted molar refractivity (Wildman–Crippen MR) is 161 cm³/mol.